The van der Waals surface area contributed by atoms with Gasteiger partial charge in [-0.1, -0.05) is 74.5 Å². The number of benzene rings is 3. The highest BCUT2D eigenvalue weighted by Gasteiger charge is 2.33. The summed E-state index contributed by atoms with van der Waals surface area (Å²) in [4.78, 5) is 9.85. The zero-order valence-corrected chi connectivity index (χ0v) is 16.1. The summed E-state index contributed by atoms with van der Waals surface area (Å²) in [6.07, 6.45) is -5.32. The Morgan fingerprint density at radius 3 is 1.97 bits per heavy atom. The van der Waals surface area contributed by atoms with E-state index in [-0.39, 0.29) is 0 Å². The second kappa shape index (κ2) is 8.92. The first-order chi connectivity index (χ1) is 14.0. The third kappa shape index (κ3) is 4.84. The minimum atomic E-state index is -4.46. The maximum absolute atomic E-state index is 13.4. The number of hydrogen-bond acceptors (Lipinski definition) is 3. The van der Waals surface area contributed by atoms with E-state index in [9.17, 15) is 13.2 Å². The van der Waals surface area contributed by atoms with Crippen molar-refractivity contribution in [1.29, 1.82) is 0 Å². The number of alkyl halides is 3. The normalized spacial score (nSPS) is 15.8. The van der Waals surface area contributed by atoms with Gasteiger partial charge in [-0.15, -0.1) is 0 Å². The molecule has 0 radical (unpaired) electrons. The van der Waals surface area contributed by atoms with Gasteiger partial charge in [-0.05, 0) is 29.3 Å². The van der Waals surface area contributed by atoms with Crippen LogP contribution in [0.3, 0.4) is 0 Å². The van der Waals surface area contributed by atoms with E-state index >= 15 is 0 Å². The van der Waals surface area contributed by atoms with Crippen LogP contribution in [0, 0.1) is 0 Å². The van der Waals surface area contributed by atoms with Crippen molar-refractivity contribution in [3.8, 4) is 11.1 Å². The molecule has 0 saturated heterocycles. The summed E-state index contributed by atoms with van der Waals surface area (Å²) in [7, 11) is 0. The van der Waals surface area contributed by atoms with Gasteiger partial charge in [0.2, 0.25) is 6.23 Å². The Morgan fingerprint density at radius 2 is 1.38 bits per heavy atom. The maximum atomic E-state index is 13.4. The zero-order chi connectivity index (χ0) is 20.9. The molecule has 0 bridgehead atoms. The van der Waals surface area contributed by atoms with Gasteiger partial charge in [0.15, 0.2) is 5.84 Å². The van der Waals surface area contributed by atoms with Crippen molar-refractivity contribution >= 4 is 5.84 Å². The van der Waals surface area contributed by atoms with Crippen LogP contribution in [0.1, 0.15) is 36.8 Å². The highest BCUT2D eigenvalue weighted by atomic mass is 19.4. The third-order valence-corrected chi connectivity index (χ3v) is 4.24. The van der Waals surface area contributed by atoms with Gasteiger partial charge in [0.25, 0.3) is 0 Å². The molecule has 0 fully saturated rings. The van der Waals surface area contributed by atoms with E-state index in [1.165, 1.54) is 0 Å². The Labute approximate surface area is 167 Å². The average Bonchev–Trinajstić information content (AvgIpc) is 3.26. The van der Waals surface area contributed by atoms with Crippen molar-refractivity contribution in [1.82, 2.24) is 5.48 Å². The molecular weight excluding hydrogens is 377 g/mol. The summed E-state index contributed by atoms with van der Waals surface area (Å²) < 4.78 is 40.2. The highest BCUT2D eigenvalue weighted by molar-refractivity contribution is 5.98. The predicted octanol–water partition coefficient (Wildman–Crippen LogP) is 6.38. The number of hydroxylamine groups is 1. The van der Waals surface area contributed by atoms with Gasteiger partial charge < -0.3 is 0 Å². The predicted molar refractivity (Wildman–Crippen MR) is 108 cm³/mol. The molecule has 1 heterocycles. The fourth-order valence-electron chi connectivity index (χ4n) is 2.91. The van der Waals surface area contributed by atoms with Crippen molar-refractivity contribution in [2.75, 3.05) is 0 Å². The first-order valence-electron chi connectivity index (χ1n) is 9.33. The van der Waals surface area contributed by atoms with Gasteiger partial charge in [-0.2, -0.15) is 13.2 Å². The molecule has 0 saturated carbocycles. The van der Waals surface area contributed by atoms with Crippen LogP contribution in [0.25, 0.3) is 11.1 Å². The van der Waals surface area contributed by atoms with E-state index in [4.69, 9.17) is 4.84 Å². The quantitative estimate of drug-likeness (QED) is 0.555. The van der Waals surface area contributed by atoms with E-state index < -0.39 is 18.0 Å². The summed E-state index contributed by atoms with van der Waals surface area (Å²) in [6.45, 7) is 4.00. The zero-order valence-electron chi connectivity index (χ0n) is 16.1. The van der Waals surface area contributed by atoms with Crippen molar-refractivity contribution in [2.24, 2.45) is 4.99 Å². The number of nitrogens with one attached hydrogen (secondary N) is 1. The third-order valence-electron chi connectivity index (χ3n) is 4.24. The first kappa shape index (κ1) is 20.6. The Bertz CT molecular complexity index is 970. The van der Waals surface area contributed by atoms with Crippen molar-refractivity contribution < 1.29 is 18.0 Å². The summed E-state index contributed by atoms with van der Waals surface area (Å²) in [5.74, 6) is 0.485. The van der Waals surface area contributed by atoms with Crippen LogP contribution in [0.4, 0.5) is 13.2 Å². The molecule has 1 aliphatic rings. The lowest BCUT2D eigenvalue weighted by atomic mass is 9.99. The standard InChI is InChI=1S/C21H15F3N2O.C2H6/c22-21(23,24)18-12-16(14-7-3-1-4-8-14)11-17(13-18)20-25-19(26-27-20)15-9-5-2-6-10-15;1-2/h1-13,20H,(H,25,26);1-2H3. The molecule has 4 rings (SSSR count). The molecule has 3 nitrogen and oxygen atoms in total. The Hall–Kier alpha value is -3.12. The number of nitrogens with zero attached hydrogens (tertiary/aromatic N) is 1. The summed E-state index contributed by atoms with van der Waals surface area (Å²) in [6, 6.07) is 22.1. The molecule has 150 valence electrons. The molecule has 0 aliphatic carbocycles. The van der Waals surface area contributed by atoms with Crippen LogP contribution < -0.4 is 5.48 Å². The molecule has 1 aliphatic heterocycles. The average molecular weight is 398 g/mol. The van der Waals surface area contributed by atoms with E-state index in [1.54, 1.807) is 30.3 Å². The first-order valence-corrected chi connectivity index (χ1v) is 9.33. The number of amidine groups is 1. The van der Waals surface area contributed by atoms with Crippen molar-refractivity contribution in [3.63, 3.8) is 0 Å². The lowest BCUT2D eigenvalue weighted by molar-refractivity contribution is -0.137. The molecule has 3 aromatic carbocycles. The summed E-state index contributed by atoms with van der Waals surface area (Å²) in [5.41, 5.74) is 4.28. The fraction of sp³-hybridized carbons (Fsp3) is 0.174. The van der Waals surface area contributed by atoms with Crippen LogP contribution in [0.2, 0.25) is 0 Å². The van der Waals surface area contributed by atoms with Gasteiger partial charge in [0, 0.05) is 11.1 Å². The van der Waals surface area contributed by atoms with E-state index in [1.807, 2.05) is 50.2 Å². The van der Waals surface area contributed by atoms with Crippen molar-refractivity contribution in [3.05, 3.63) is 95.6 Å². The number of halogens is 3. The van der Waals surface area contributed by atoms with Crippen LogP contribution in [-0.2, 0) is 11.0 Å². The smallest absolute Gasteiger partial charge is 0.246 e. The van der Waals surface area contributed by atoms with Crippen LogP contribution in [0.15, 0.2) is 83.9 Å². The fourth-order valence-corrected chi connectivity index (χ4v) is 2.91. The second-order valence-electron chi connectivity index (χ2n) is 6.12. The van der Waals surface area contributed by atoms with E-state index in [0.717, 1.165) is 17.7 Å². The van der Waals surface area contributed by atoms with Gasteiger partial charge in [0.05, 0.1) is 5.56 Å². The molecular formula is C23H21F3N2O. The molecule has 1 atom stereocenters. The highest BCUT2D eigenvalue weighted by Crippen LogP contribution is 2.36. The van der Waals surface area contributed by atoms with Crippen LogP contribution in [-0.4, -0.2) is 5.84 Å². The van der Waals surface area contributed by atoms with Gasteiger partial charge in [-0.3, -0.25) is 0 Å². The molecule has 0 amide bonds. The van der Waals surface area contributed by atoms with E-state index in [2.05, 4.69) is 10.5 Å². The Kier molecular flexibility index (Phi) is 6.34. The monoisotopic (exact) mass is 398 g/mol. The number of aliphatic imine (C=N–C) groups is 1. The molecule has 1 unspecified atom stereocenters. The molecule has 1 N–H and O–H groups in total. The van der Waals surface area contributed by atoms with Crippen LogP contribution in [0.5, 0.6) is 0 Å². The SMILES string of the molecule is CC.FC(F)(F)c1cc(-c2ccccc2)cc(C2N=C(c3ccccc3)NO2)c1. The minimum absolute atomic E-state index is 0.335. The molecule has 0 spiro atoms. The van der Waals surface area contributed by atoms with Gasteiger partial charge in [0.1, 0.15) is 0 Å². The molecule has 6 heteroatoms. The topological polar surface area (TPSA) is 33.6 Å². The number of hydrogen-bond donors (Lipinski definition) is 1. The van der Waals surface area contributed by atoms with Gasteiger partial charge >= 0.3 is 6.18 Å². The largest absolute Gasteiger partial charge is 0.416 e. The molecule has 29 heavy (non-hydrogen) atoms. The van der Waals surface area contributed by atoms with Gasteiger partial charge in [-0.25, -0.2) is 15.3 Å². The second-order valence-corrected chi connectivity index (χ2v) is 6.12. The summed E-state index contributed by atoms with van der Waals surface area (Å²) in [5, 5.41) is 0. The number of rotatable bonds is 3. The lowest BCUT2D eigenvalue weighted by Gasteiger charge is -2.14. The van der Waals surface area contributed by atoms with Crippen molar-refractivity contribution in [2.45, 2.75) is 26.3 Å². The Morgan fingerprint density at radius 1 is 0.793 bits per heavy atom. The molecule has 3 aromatic rings. The van der Waals surface area contributed by atoms with E-state index in [0.29, 0.717) is 22.5 Å². The van der Waals surface area contributed by atoms with Crippen LogP contribution >= 0.6 is 0 Å². The minimum Gasteiger partial charge on any atom is -0.246 e. The maximum Gasteiger partial charge on any atom is 0.416 e. The summed E-state index contributed by atoms with van der Waals surface area (Å²) >= 11 is 0. The Balaban J connectivity index is 0.00000117. The lowest BCUT2D eigenvalue weighted by Crippen LogP contribution is -2.18. The molecule has 0 aromatic heterocycles.